The molecule has 1 aliphatic rings. The van der Waals surface area contributed by atoms with Gasteiger partial charge in [-0.25, -0.2) is 0 Å². The molecule has 0 radical (unpaired) electrons. The summed E-state index contributed by atoms with van der Waals surface area (Å²) in [6.07, 6.45) is 2.43. The molecule has 1 rings (SSSR count). The van der Waals surface area contributed by atoms with Crippen LogP contribution >= 0.6 is 0 Å². The van der Waals surface area contributed by atoms with Crippen molar-refractivity contribution in [3.8, 4) is 0 Å². The van der Waals surface area contributed by atoms with Crippen molar-refractivity contribution in [2.24, 2.45) is 11.3 Å². The van der Waals surface area contributed by atoms with Crippen LogP contribution in [-0.4, -0.2) is 10.7 Å². The van der Waals surface area contributed by atoms with Crippen molar-refractivity contribution in [3.63, 3.8) is 0 Å². The summed E-state index contributed by atoms with van der Waals surface area (Å²) in [7, 11) is 0. The SMILES string of the molecule is CC(C)(C)C(C)(O)C1CC1. The zero-order valence-corrected chi connectivity index (χ0v) is 7.44. The molecule has 60 valence electrons. The van der Waals surface area contributed by atoms with Crippen LogP contribution in [0.1, 0.15) is 40.5 Å². The quantitative estimate of drug-likeness (QED) is 0.595. The van der Waals surface area contributed by atoms with Crippen LogP contribution in [0.25, 0.3) is 0 Å². The molecular weight excluding hydrogens is 124 g/mol. The molecule has 1 nitrogen and oxygen atoms in total. The molecule has 1 N–H and O–H groups in total. The fourth-order valence-corrected chi connectivity index (χ4v) is 1.26. The Balaban J connectivity index is 2.66. The maximum atomic E-state index is 9.99. The maximum Gasteiger partial charge on any atom is 0.0695 e. The summed E-state index contributed by atoms with van der Waals surface area (Å²) in [5, 5.41) is 9.99. The highest BCUT2D eigenvalue weighted by molar-refractivity contribution is 4.98. The summed E-state index contributed by atoms with van der Waals surface area (Å²) in [6, 6.07) is 0. The zero-order valence-electron chi connectivity index (χ0n) is 7.44. The molecule has 0 aliphatic heterocycles. The van der Waals surface area contributed by atoms with Crippen LogP contribution in [-0.2, 0) is 0 Å². The summed E-state index contributed by atoms with van der Waals surface area (Å²) in [6.45, 7) is 8.27. The van der Waals surface area contributed by atoms with Gasteiger partial charge in [0.05, 0.1) is 5.60 Å². The minimum absolute atomic E-state index is 0.0359. The fourth-order valence-electron chi connectivity index (χ4n) is 1.26. The molecule has 1 aliphatic carbocycles. The third kappa shape index (κ3) is 1.20. The average Bonchev–Trinajstić information content (AvgIpc) is 2.38. The number of aliphatic hydroxyl groups is 1. The standard InChI is InChI=1S/C9H18O/c1-8(2,3)9(4,10)7-5-6-7/h7,10H,5-6H2,1-4H3. The first kappa shape index (κ1) is 8.06. The van der Waals surface area contributed by atoms with Crippen LogP contribution in [0.5, 0.6) is 0 Å². The second-order valence-electron chi connectivity index (χ2n) is 4.67. The lowest BCUT2D eigenvalue weighted by molar-refractivity contribution is -0.0601. The van der Waals surface area contributed by atoms with Crippen molar-refractivity contribution in [3.05, 3.63) is 0 Å². The van der Waals surface area contributed by atoms with E-state index in [0.717, 1.165) is 0 Å². The highest BCUT2D eigenvalue weighted by Gasteiger charge is 2.47. The minimum Gasteiger partial charge on any atom is -0.389 e. The van der Waals surface area contributed by atoms with E-state index in [-0.39, 0.29) is 5.41 Å². The normalized spacial score (nSPS) is 26.1. The second-order valence-corrected chi connectivity index (χ2v) is 4.67. The summed E-state index contributed by atoms with van der Waals surface area (Å²) in [5.41, 5.74) is -0.416. The van der Waals surface area contributed by atoms with Gasteiger partial charge in [-0.1, -0.05) is 20.8 Å². The lowest BCUT2D eigenvalue weighted by atomic mass is 9.75. The van der Waals surface area contributed by atoms with Crippen molar-refractivity contribution < 1.29 is 5.11 Å². The van der Waals surface area contributed by atoms with E-state index in [0.29, 0.717) is 5.92 Å². The lowest BCUT2D eigenvalue weighted by Gasteiger charge is -2.37. The van der Waals surface area contributed by atoms with Crippen LogP contribution in [0.15, 0.2) is 0 Å². The molecule has 1 atom stereocenters. The highest BCUT2D eigenvalue weighted by atomic mass is 16.3. The van der Waals surface area contributed by atoms with Gasteiger partial charge in [0.2, 0.25) is 0 Å². The van der Waals surface area contributed by atoms with Crippen molar-refractivity contribution >= 4 is 0 Å². The van der Waals surface area contributed by atoms with Crippen molar-refractivity contribution in [2.45, 2.75) is 46.1 Å². The molecule has 0 spiro atoms. The highest BCUT2D eigenvalue weighted by Crippen LogP contribution is 2.48. The molecule has 0 amide bonds. The Kier molecular flexibility index (Phi) is 1.59. The monoisotopic (exact) mass is 142 g/mol. The smallest absolute Gasteiger partial charge is 0.0695 e. The van der Waals surface area contributed by atoms with Crippen molar-refractivity contribution in [1.29, 1.82) is 0 Å². The van der Waals surface area contributed by atoms with Gasteiger partial charge in [0.25, 0.3) is 0 Å². The first-order valence-corrected chi connectivity index (χ1v) is 4.08. The summed E-state index contributed by atoms with van der Waals surface area (Å²) in [4.78, 5) is 0. The summed E-state index contributed by atoms with van der Waals surface area (Å²) < 4.78 is 0. The van der Waals surface area contributed by atoms with Crippen LogP contribution in [0, 0.1) is 11.3 Å². The van der Waals surface area contributed by atoms with Gasteiger partial charge in [0.1, 0.15) is 0 Å². The lowest BCUT2D eigenvalue weighted by Crippen LogP contribution is -2.41. The Bertz CT molecular complexity index is 126. The number of hydrogen-bond donors (Lipinski definition) is 1. The largest absolute Gasteiger partial charge is 0.389 e. The van der Waals surface area contributed by atoms with E-state index in [9.17, 15) is 5.11 Å². The van der Waals surface area contributed by atoms with E-state index < -0.39 is 5.60 Å². The van der Waals surface area contributed by atoms with E-state index >= 15 is 0 Å². The number of hydrogen-bond acceptors (Lipinski definition) is 1. The van der Waals surface area contributed by atoms with Gasteiger partial charge in [0.15, 0.2) is 0 Å². The average molecular weight is 142 g/mol. The molecule has 0 heterocycles. The van der Waals surface area contributed by atoms with Gasteiger partial charge in [0, 0.05) is 0 Å². The number of rotatable bonds is 1. The Morgan fingerprint density at radius 1 is 1.10 bits per heavy atom. The first-order valence-electron chi connectivity index (χ1n) is 4.08. The van der Waals surface area contributed by atoms with Crippen LogP contribution in [0.2, 0.25) is 0 Å². The van der Waals surface area contributed by atoms with Gasteiger partial charge in [-0.2, -0.15) is 0 Å². The predicted molar refractivity (Wildman–Crippen MR) is 42.8 cm³/mol. The van der Waals surface area contributed by atoms with Crippen LogP contribution < -0.4 is 0 Å². The van der Waals surface area contributed by atoms with Gasteiger partial charge in [-0.15, -0.1) is 0 Å². The molecule has 0 saturated heterocycles. The van der Waals surface area contributed by atoms with Gasteiger partial charge in [-0.3, -0.25) is 0 Å². The fraction of sp³-hybridized carbons (Fsp3) is 1.00. The maximum absolute atomic E-state index is 9.99. The Labute approximate surface area is 63.4 Å². The molecule has 0 aromatic heterocycles. The molecule has 1 fully saturated rings. The summed E-state index contributed by atoms with van der Waals surface area (Å²) >= 11 is 0. The Morgan fingerprint density at radius 2 is 1.50 bits per heavy atom. The van der Waals surface area contributed by atoms with Crippen molar-refractivity contribution in [2.75, 3.05) is 0 Å². The van der Waals surface area contributed by atoms with E-state index in [4.69, 9.17) is 0 Å². The molecule has 0 bridgehead atoms. The second kappa shape index (κ2) is 1.97. The van der Waals surface area contributed by atoms with Crippen molar-refractivity contribution in [1.82, 2.24) is 0 Å². The van der Waals surface area contributed by atoms with Gasteiger partial charge in [-0.05, 0) is 31.1 Å². The molecule has 0 aromatic rings. The topological polar surface area (TPSA) is 20.2 Å². The van der Waals surface area contributed by atoms with E-state index in [2.05, 4.69) is 20.8 Å². The molecule has 1 saturated carbocycles. The molecule has 10 heavy (non-hydrogen) atoms. The van der Waals surface area contributed by atoms with Gasteiger partial charge >= 0.3 is 0 Å². The van der Waals surface area contributed by atoms with E-state index in [1.54, 1.807) is 0 Å². The summed E-state index contributed by atoms with van der Waals surface area (Å²) in [5.74, 6) is 0.562. The van der Waals surface area contributed by atoms with E-state index in [1.807, 2.05) is 6.92 Å². The van der Waals surface area contributed by atoms with Crippen LogP contribution in [0.3, 0.4) is 0 Å². The Hall–Kier alpha value is -0.0400. The Morgan fingerprint density at radius 3 is 1.60 bits per heavy atom. The zero-order chi connectivity index (χ0) is 7.99. The molecule has 0 aromatic carbocycles. The predicted octanol–water partition coefficient (Wildman–Crippen LogP) is 2.19. The first-order chi connectivity index (χ1) is 4.36. The minimum atomic E-state index is -0.451. The molecule has 1 unspecified atom stereocenters. The van der Waals surface area contributed by atoms with Crippen LogP contribution in [0.4, 0.5) is 0 Å². The van der Waals surface area contributed by atoms with E-state index in [1.165, 1.54) is 12.8 Å². The third-order valence-corrected chi connectivity index (χ3v) is 2.89. The molecular formula is C9H18O. The van der Waals surface area contributed by atoms with Gasteiger partial charge < -0.3 is 5.11 Å². The molecule has 1 heteroatoms. The third-order valence-electron chi connectivity index (χ3n) is 2.89.